The number of sulfone groups is 1. The van der Waals surface area contributed by atoms with E-state index in [1.165, 1.54) is 0 Å². The number of carbonyl (C=O) groups excluding carboxylic acids is 2. The smallest absolute Gasteiger partial charge is 0.344 e. The fourth-order valence-electron chi connectivity index (χ4n) is 2.95. The van der Waals surface area contributed by atoms with Crippen molar-refractivity contribution >= 4 is 21.7 Å². The summed E-state index contributed by atoms with van der Waals surface area (Å²) >= 11 is 0. The molecule has 2 aromatic carbocycles. The van der Waals surface area contributed by atoms with Crippen LogP contribution in [0.5, 0.6) is 5.75 Å². The average molecular weight is 403 g/mol. The molecule has 28 heavy (non-hydrogen) atoms. The zero-order valence-corrected chi connectivity index (χ0v) is 16.0. The molecule has 7 nitrogen and oxygen atoms in total. The number of hydrogen-bond donors (Lipinski definition) is 1. The van der Waals surface area contributed by atoms with Gasteiger partial charge in [-0.05, 0) is 18.1 Å². The Morgan fingerprint density at radius 1 is 1.00 bits per heavy atom. The fraction of sp³-hybridized carbons (Fsp3) is 0.300. The van der Waals surface area contributed by atoms with Crippen LogP contribution >= 0.6 is 0 Å². The molecule has 0 spiro atoms. The molecule has 0 aromatic heterocycles. The van der Waals surface area contributed by atoms with Gasteiger partial charge in [-0.2, -0.15) is 0 Å². The Bertz CT molecular complexity index is 942. The van der Waals surface area contributed by atoms with E-state index >= 15 is 0 Å². The van der Waals surface area contributed by atoms with Crippen LogP contribution in [0, 0.1) is 0 Å². The second-order valence-electron chi connectivity index (χ2n) is 6.48. The van der Waals surface area contributed by atoms with E-state index < -0.39 is 34.4 Å². The zero-order chi connectivity index (χ0) is 20.0. The maximum absolute atomic E-state index is 11.9. The maximum atomic E-state index is 11.9. The quantitative estimate of drug-likeness (QED) is 0.705. The molecule has 1 fully saturated rings. The van der Waals surface area contributed by atoms with Gasteiger partial charge in [-0.1, -0.05) is 48.5 Å². The van der Waals surface area contributed by atoms with Gasteiger partial charge in [0.25, 0.3) is 5.91 Å². The molecule has 0 saturated carbocycles. The highest BCUT2D eigenvalue weighted by Gasteiger charge is 2.29. The summed E-state index contributed by atoms with van der Waals surface area (Å²) < 4.78 is 33.2. The molecule has 0 radical (unpaired) electrons. The van der Waals surface area contributed by atoms with Gasteiger partial charge in [0.2, 0.25) is 0 Å². The lowest BCUT2D eigenvalue weighted by molar-refractivity contribution is -0.150. The lowest BCUT2D eigenvalue weighted by atomic mass is 10.1. The van der Waals surface area contributed by atoms with Gasteiger partial charge in [0.15, 0.2) is 23.1 Å². The monoisotopic (exact) mass is 403 g/mol. The third-order valence-electron chi connectivity index (χ3n) is 4.28. The summed E-state index contributed by atoms with van der Waals surface area (Å²) in [5.41, 5.74) is 1.80. The second kappa shape index (κ2) is 8.88. The van der Waals surface area contributed by atoms with Crippen LogP contribution in [0.2, 0.25) is 0 Å². The Morgan fingerprint density at radius 2 is 1.71 bits per heavy atom. The number of hydrogen-bond acceptors (Lipinski definition) is 6. The van der Waals surface area contributed by atoms with Crippen LogP contribution in [-0.4, -0.2) is 51.1 Å². The predicted octanol–water partition coefficient (Wildman–Crippen LogP) is 1.58. The number of para-hydroxylation sites is 1. The summed E-state index contributed by atoms with van der Waals surface area (Å²) in [7, 11) is -3.08. The number of nitrogens with one attached hydrogen (secondary N) is 1. The number of amides is 1. The van der Waals surface area contributed by atoms with Gasteiger partial charge >= 0.3 is 5.97 Å². The maximum Gasteiger partial charge on any atom is 0.344 e. The Morgan fingerprint density at radius 3 is 2.43 bits per heavy atom. The van der Waals surface area contributed by atoms with Gasteiger partial charge in [-0.25, -0.2) is 13.2 Å². The SMILES string of the molecule is O=C(COC(=O)COc1ccccc1-c1ccccc1)N[C@@H]1CCS(=O)(=O)C1. The van der Waals surface area contributed by atoms with Gasteiger partial charge in [0.1, 0.15) is 5.75 Å². The van der Waals surface area contributed by atoms with Gasteiger partial charge in [0, 0.05) is 11.6 Å². The van der Waals surface area contributed by atoms with E-state index in [-0.39, 0.29) is 18.1 Å². The largest absolute Gasteiger partial charge is 0.481 e. The Kier molecular flexibility index (Phi) is 6.30. The number of benzene rings is 2. The number of ether oxygens (including phenoxy) is 2. The fourth-order valence-corrected chi connectivity index (χ4v) is 4.62. The highest BCUT2D eigenvalue weighted by molar-refractivity contribution is 7.91. The summed E-state index contributed by atoms with van der Waals surface area (Å²) in [6.45, 7) is -0.812. The molecule has 0 aliphatic carbocycles. The second-order valence-corrected chi connectivity index (χ2v) is 8.71. The van der Waals surface area contributed by atoms with Crippen LogP contribution in [0.15, 0.2) is 54.6 Å². The first kappa shape index (κ1) is 19.9. The Labute approximate surface area is 163 Å². The molecular weight excluding hydrogens is 382 g/mol. The van der Waals surface area contributed by atoms with Crippen LogP contribution in [0.4, 0.5) is 0 Å². The van der Waals surface area contributed by atoms with Crippen molar-refractivity contribution in [1.82, 2.24) is 5.32 Å². The minimum Gasteiger partial charge on any atom is -0.481 e. The van der Waals surface area contributed by atoms with E-state index in [1.54, 1.807) is 12.1 Å². The zero-order valence-electron chi connectivity index (χ0n) is 15.2. The van der Waals surface area contributed by atoms with Crippen molar-refractivity contribution in [2.45, 2.75) is 12.5 Å². The van der Waals surface area contributed by atoms with Gasteiger partial charge < -0.3 is 14.8 Å². The van der Waals surface area contributed by atoms with Crippen molar-refractivity contribution in [3.05, 3.63) is 54.6 Å². The topological polar surface area (TPSA) is 98.8 Å². The third kappa shape index (κ3) is 5.56. The standard InChI is InChI=1S/C20H21NO6S/c22-19(21-16-10-11-28(24,25)14-16)12-27-20(23)13-26-18-9-5-4-8-17(18)15-6-2-1-3-7-15/h1-9,16H,10-14H2,(H,21,22)/t16-/m1/s1. The van der Waals surface area contributed by atoms with E-state index in [1.807, 2.05) is 42.5 Å². The third-order valence-corrected chi connectivity index (χ3v) is 6.05. The van der Waals surface area contributed by atoms with Crippen molar-refractivity contribution in [1.29, 1.82) is 0 Å². The predicted molar refractivity (Wildman–Crippen MR) is 104 cm³/mol. The van der Waals surface area contributed by atoms with E-state index in [0.29, 0.717) is 12.2 Å². The minimum atomic E-state index is -3.08. The summed E-state index contributed by atoms with van der Waals surface area (Å²) in [5.74, 6) is -0.693. The van der Waals surface area contributed by atoms with E-state index in [9.17, 15) is 18.0 Å². The van der Waals surface area contributed by atoms with Crippen molar-refractivity contribution in [3.63, 3.8) is 0 Å². The van der Waals surface area contributed by atoms with Gasteiger partial charge in [-0.15, -0.1) is 0 Å². The molecule has 1 atom stereocenters. The first-order valence-corrected chi connectivity index (χ1v) is 10.7. The first-order valence-electron chi connectivity index (χ1n) is 8.85. The highest BCUT2D eigenvalue weighted by Crippen LogP contribution is 2.29. The van der Waals surface area contributed by atoms with Gasteiger partial charge in [0.05, 0.1) is 11.5 Å². The molecular formula is C20H21NO6S. The minimum absolute atomic E-state index is 0.0619. The molecule has 3 rings (SSSR count). The molecule has 0 unspecified atom stereocenters. The van der Waals surface area contributed by atoms with Crippen molar-refractivity contribution in [2.75, 3.05) is 24.7 Å². The number of esters is 1. The van der Waals surface area contributed by atoms with Crippen molar-refractivity contribution in [3.8, 4) is 16.9 Å². The number of carbonyl (C=O) groups is 2. The molecule has 1 aliphatic heterocycles. The molecule has 2 aromatic rings. The van der Waals surface area contributed by atoms with Crippen molar-refractivity contribution in [2.24, 2.45) is 0 Å². The van der Waals surface area contributed by atoms with E-state index in [2.05, 4.69) is 5.32 Å². The summed E-state index contributed by atoms with van der Waals surface area (Å²) in [5, 5.41) is 2.56. The van der Waals surface area contributed by atoms with Crippen molar-refractivity contribution < 1.29 is 27.5 Å². The highest BCUT2D eigenvalue weighted by atomic mass is 32.2. The normalized spacial score (nSPS) is 17.6. The van der Waals surface area contributed by atoms with Crippen LogP contribution < -0.4 is 10.1 Å². The molecule has 1 aliphatic rings. The number of rotatable bonds is 7. The Balaban J connectivity index is 1.47. The van der Waals surface area contributed by atoms with Crippen LogP contribution in [-0.2, 0) is 24.2 Å². The molecule has 1 saturated heterocycles. The molecule has 1 amide bonds. The molecule has 0 bridgehead atoms. The lowest BCUT2D eigenvalue weighted by Gasteiger charge is -2.12. The first-order chi connectivity index (χ1) is 13.4. The van der Waals surface area contributed by atoms with Crippen LogP contribution in [0.25, 0.3) is 11.1 Å². The summed E-state index contributed by atoms with van der Waals surface area (Å²) in [6, 6.07) is 16.5. The molecule has 1 N–H and O–H groups in total. The molecule has 148 valence electrons. The molecule has 8 heteroatoms. The van der Waals surface area contributed by atoms with E-state index in [4.69, 9.17) is 9.47 Å². The van der Waals surface area contributed by atoms with Crippen LogP contribution in [0.1, 0.15) is 6.42 Å². The summed E-state index contributed by atoms with van der Waals surface area (Å²) in [4.78, 5) is 23.7. The lowest BCUT2D eigenvalue weighted by Crippen LogP contribution is -2.38. The average Bonchev–Trinajstić information content (AvgIpc) is 3.04. The van der Waals surface area contributed by atoms with Crippen LogP contribution in [0.3, 0.4) is 0 Å². The van der Waals surface area contributed by atoms with E-state index in [0.717, 1.165) is 11.1 Å². The Hall–Kier alpha value is -2.87. The van der Waals surface area contributed by atoms with Gasteiger partial charge in [-0.3, -0.25) is 4.79 Å². The summed E-state index contributed by atoms with van der Waals surface area (Å²) in [6.07, 6.45) is 0.376. The molecule has 1 heterocycles.